The van der Waals surface area contributed by atoms with Crippen LogP contribution in [0.25, 0.3) is 0 Å². The van der Waals surface area contributed by atoms with E-state index in [1.165, 1.54) is 16.2 Å². The van der Waals surface area contributed by atoms with Crippen molar-refractivity contribution in [2.75, 3.05) is 0 Å². The molecule has 5 heteroatoms. The molecule has 0 aliphatic heterocycles. The zero-order valence-corrected chi connectivity index (χ0v) is 11.1. The molecule has 0 aliphatic rings. The molecule has 0 bridgehead atoms. The highest BCUT2D eigenvalue weighted by Gasteiger charge is 2.18. The second-order valence-electron chi connectivity index (χ2n) is 3.86. The molecule has 0 saturated carbocycles. The Morgan fingerprint density at radius 1 is 1.18 bits per heavy atom. The van der Waals surface area contributed by atoms with Gasteiger partial charge in [-0.05, 0) is 43.7 Å². The van der Waals surface area contributed by atoms with E-state index in [9.17, 15) is 8.42 Å². The molecule has 2 rings (SSSR count). The van der Waals surface area contributed by atoms with Crippen molar-refractivity contribution < 1.29 is 8.42 Å². The molecule has 0 fully saturated rings. The Kier molecular flexibility index (Phi) is 3.02. The SMILES string of the molecule is Cc1ccc(S(=O)(=O)n2cccc2C)cc1Cl. The highest BCUT2D eigenvalue weighted by molar-refractivity contribution is 7.90. The van der Waals surface area contributed by atoms with Crippen molar-refractivity contribution in [3.05, 3.63) is 52.8 Å². The number of aromatic nitrogens is 1. The third kappa shape index (κ3) is 2.10. The van der Waals surface area contributed by atoms with Crippen molar-refractivity contribution in [2.24, 2.45) is 0 Å². The molecule has 1 aromatic carbocycles. The van der Waals surface area contributed by atoms with E-state index in [-0.39, 0.29) is 4.90 Å². The molecular weight excluding hydrogens is 258 g/mol. The monoisotopic (exact) mass is 269 g/mol. The van der Waals surface area contributed by atoms with Crippen LogP contribution < -0.4 is 0 Å². The fourth-order valence-corrected chi connectivity index (χ4v) is 3.22. The van der Waals surface area contributed by atoms with E-state index < -0.39 is 10.0 Å². The second kappa shape index (κ2) is 4.20. The van der Waals surface area contributed by atoms with Crippen LogP contribution in [-0.4, -0.2) is 12.4 Å². The predicted octanol–water partition coefficient (Wildman–Crippen LogP) is 3.00. The molecule has 90 valence electrons. The maximum Gasteiger partial charge on any atom is 0.267 e. The average Bonchev–Trinajstić information content (AvgIpc) is 2.69. The minimum absolute atomic E-state index is 0.201. The topological polar surface area (TPSA) is 39.1 Å². The minimum Gasteiger partial charge on any atom is -0.246 e. The maximum atomic E-state index is 12.3. The minimum atomic E-state index is -3.53. The van der Waals surface area contributed by atoms with Gasteiger partial charge < -0.3 is 0 Å². The lowest BCUT2D eigenvalue weighted by Gasteiger charge is -2.09. The van der Waals surface area contributed by atoms with Crippen molar-refractivity contribution in [3.63, 3.8) is 0 Å². The van der Waals surface area contributed by atoms with E-state index in [2.05, 4.69) is 0 Å². The quantitative estimate of drug-likeness (QED) is 0.841. The van der Waals surface area contributed by atoms with Crippen LogP contribution in [0.15, 0.2) is 41.4 Å². The molecule has 2 aromatic rings. The normalized spacial score (nSPS) is 11.7. The Morgan fingerprint density at radius 2 is 1.88 bits per heavy atom. The van der Waals surface area contributed by atoms with E-state index in [0.717, 1.165) is 5.56 Å². The maximum absolute atomic E-state index is 12.3. The summed E-state index contributed by atoms with van der Waals surface area (Å²) in [5.74, 6) is 0. The number of hydrogen-bond acceptors (Lipinski definition) is 2. The van der Waals surface area contributed by atoms with Gasteiger partial charge in [0.25, 0.3) is 10.0 Å². The number of rotatable bonds is 2. The Hall–Kier alpha value is -1.26. The molecule has 0 amide bonds. The van der Waals surface area contributed by atoms with Gasteiger partial charge in [-0.1, -0.05) is 17.7 Å². The zero-order valence-electron chi connectivity index (χ0n) is 9.51. The van der Waals surface area contributed by atoms with Gasteiger partial charge in [-0.25, -0.2) is 12.4 Å². The molecule has 0 unspecified atom stereocenters. The van der Waals surface area contributed by atoms with E-state index in [1.807, 2.05) is 6.92 Å². The number of halogens is 1. The number of benzene rings is 1. The van der Waals surface area contributed by atoms with Crippen LogP contribution in [0.4, 0.5) is 0 Å². The summed E-state index contributed by atoms with van der Waals surface area (Å²) in [7, 11) is -3.53. The van der Waals surface area contributed by atoms with Gasteiger partial charge in [-0.3, -0.25) is 0 Å². The number of aryl methyl sites for hydroxylation is 2. The van der Waals surface area contributed by atoms with Crippen molar-refractivity contribution in [1.82, 2.24) is 3.97 Å². The summed E-state index contributed by atoms with van der Waals surface area (Å²) in [5.41, 5.74) is 1.52. The van der Waals surface area contributed by atoms with Crippen LogP contribution in [0.5, 0.6) is 0 Å². The first-order chi connectivity index (χ1) is 7.93. The van der Waals surface area contributed by atoms with Gasteiger partial charge in [0, 0.05) is 16.9 Å². The molecule has 0 radical (unpaired) electrons. The molecule has 0 spiro atoms. The van der Waals surface area contributed by atoms with Crippen LogP contribution in [0, 0.1) is 13.8 Å². The van der Waals surface area contributed by atoms with Crippen LogP contribution in [0.1, 0.15) is 11.3 Å². The molecule has 1 aromatic heterocycles. The van der Waals surface area contributed by atoms with Gasteiger partial charge in [-0.2, -0.15) is 0 Å². The van der Waals surface area contributed by atoms with Gasteiger partial charge in [0.1, 0.15) is 0 Å². The van der Waals surface area contributed by atoms with E-state index in [0.29, 0.717) is 10.7 Å². The molecule has 1 heterocycles. The lowest BCUT2D eigenvalue weighted by Crippen LogP contribution is -2.13. The summed E-state index contributed by atoms with van der Waals surface area (Å²) in [4.78, 5) is 0.201. The van der Waals surface area contributed by atoms with E-state index in [1.54, 1.807) is 31.2 Å². The van der Waals surface area contributed by atoms with Crippen molar-refractivity contribution in [3.8, 4) is 0 Å². The van der Waals surface area contributed by atoms with Gasteiger partial charge >= 0.3 is 0 Å². The lowest BCUT2D eigenvalue weighted by atomic mass is 10.2. The summed E-state index contributed by atoms with van der Waals surface area (Å²) < 4.78 is 25.8. The molecule has 0 atom stereocenters. The molecule has 0 N–H and O–H groups in total. The predicted molar refractivity (Wildman–Crippen MR) is 67.9 cm³/mol. The van der Waals surface area contributed by atoms with Crippen molar-refractivity contribution in [1.29, 1.82) is 0 Å². The Bertz CT molecular complexity index is 659. The highest BCUT2D eigenvalue weighted by Crippen LogP contribution is 2.22. The van der Waals surface area contributed by atoms with Crippen LogP contribution >= 0.6 is 11.6 Å². The van der Waals surface area contributed by atoms with Gasteiger partial charge in [0.15, 0.2) is 0 Å². The fourth-order valence-electron chi connectivity index (χ4n) is 1.57. The van der Waals surface area contributed by atoms with Gasteiger partial charge in [-0.15, -0.1) is 0 Å². The number of nitrogens with zero attached hydrogens (tertiary/aromatic N) is 1. The van der Waals surface area contributed by atoms with E-state index >= 15 is 0 Å². The van der Waals surface area contributed by atoms with E-state index in [4.69, 9.17) is 11.6 Å². The molecule has 3 nitrogen and oxygen atoms in total. The smallest absolute Gasteiger partial charge is 0.246 e. The average molecular weight is 270 g/mol. The largest absolute Gasteiger partial charge is 0.267 e. The first-order valence-corrected chi connectivity index (χ1v) is 6.90. The summed E-state index contributed by atoms with van der Waals surface area (Å²) in [5, 5.41) is 0.455. The van der Waals surface area contributed by atoms with Crippen molar-refractivity contribution in [2.45, 2.75) is 18.7 Å². The first-order valence-electron chi connectivity index (χ1n) is 5.08. The first kappa shape index (κ1) is 12.2. The van der Waals surface area contributed by atoms with Gasteiger partial charge in [0.2, 0.25) is 0 Å². The van der Waals surface area contributed by atoms with Gasteiger partial charge in [0.05, 0.1) is 4.90 Å². The third-order valence-corrected chi connectivity index (χ3v) is 4.79. The van der Waals surface area contributed by atoms with Crippen LogP contribution in [-0.2, 0) is 10.0 Å². The van der Waals surface area contributed by atoms with Crippen LogP contribution in [0.2, 0.25) is 5.02 Å². The summed E-state index contributed by atoms with van der Waals surface area (Å²) in [6, 6.07) is 8.19. The highest BCUT2D eigenvalue weighted by atomic mass is 35.5. The summed E-state index contributed by atoms with van der Waals surface area (Å²) in [6.07, 6.45) is 1.53. The van der Waals surface area contributed by atoms with Crippen molar-refractivity contribution >= 4 is 21.6 Å². The molecule has 17 heavy (non-hydrogen) atoms. The Balaban J connectivity index is 2.60. The fraction of sp³-hybridized carbons (Fsp3) is 0.167. The Morgan fingerprint density at radius 3 is 2.41 bits per heavy atom. The lowest BCUT2D eigenvalue weighted by molar-refractivity contribution is 0.586. The second-order valence-corrected chi connectivity index (χ2v) is 6.08. The molecular formula is C12H12ClNO2S. The third-order valence-electron chi connectivity index (χ3n) is 2.61. The summed E-state index contributed by atoms with van der Waals surface area (Å²) in [6.45, 7) is 3.58. The standard InChI is InChI=1S/C12H12ClNO2S/c1-9-5-6-11(8-12(9)13)17(15,16)14-7-3-4-10(14)2/h3-8H,1-2H3. The summed E-state index contributed by atoms with van der Waals surface area (Å²) >= 11 is 5.95. The number of hydrogen-bond donors (Lipinski definition) is 0. The van der Waals surface area contributed by atoms with Crippen LogP contribution in [0.3, 0.4) is 0 Å². The molecule has 0 aliphatic carbocycles. The molecule has 0 saturated heterocycles. The zero-order chi connectivity index (χ0) is 12.6. The Labute approximate surface area is 106 Å².